The van der Waals surface area contributed by atoms with Crippen molar-refractivity contribution in [1.29, 1.82) is 0 Å². The van der Waals surface area contributed by atoms with E-state index in [0.29, 0.717) is 22.6 Å². The second-order valence-electron chi connectivity index (χ2n) is 2.44. The molecule has 0 unspecified atom stereocenters. The normalized spacial score (nSPS) is 10.1. The summed E-state index contributed by atoms with van der Waals surface area (Å²) < 4.78 is 2.25. The van der Waals surface area contributed by atoms with Crippen LogP contribution in [-0.4, -0.2) is 28.1 Å². The molecule has 6 heteroatoms. The van der Waals surface area contributed by atoms with Crippen molar-refractivity contribution in [3.05, 3.63) is 16.4 Å². The van der Waals surface area contributed by atoms with Crippen LogP contribution in [0.1, 0.15) is 10.5 Å². The van der Waals surface area contributed by atoms with E-state index < -0.39 is 0 Å². The molecule has 0 saturated heterocycles. The van der Waals surface area contributed by atoms with Gasteiger partial charge in [-0.05, 0) is 15.9 Å². The molecule has 0 fully saturated rings. The highest BCUT2D eigenvalue weighted by atomic mass is 79.9. The minimum atomic E-state index is -0.215. The summed E-state index contributed by atoms with van der Waals surface area (Å²) in [6.07, 6.45) is 1.72. The maximum absolute atomic E-state index is 11.4. The number of carbonyl (C=O) groups excluding carboxylic acids is 1. The van der Waals surface area contributed by atoms with Crippen LogP contribution in [0.3, 0.4) is 0 Å². The Morgan fingerprint density at radius 1 is 1.85 bits per heavy atom. The molecule has 1 aromatic rings. The van der Waals surface area contributed by atoms with Crippen molar-refractivity contribution >= 4 is 33.4 Å². The quantitative estimate of drug-likeness (QED) is 0.834. The van der Waals surface area contributed by atoms with E-state index in [4.69, 9.17) is 11.6 Å². The van der Waals surface area contributed by atoms with Crippen molar-refractivity contribution in [2.45, 2.75) is 0 Å². The summed E-state index contributed by atoms with van der Waals surface area (Å²) in [5.41, 5.74) is 0.382. The molecule has 0 aromatic carbocycles. The molecule has 0 saturated carbocycles. The first-order valence-corrected chi connectivity index (χ1v) is 5.01. The average Bonchev–Trinajstić information content (AvgIpc) is 2.41. The Morgan fingerprint density at radius 3 is 3.00 bits per heavy atom. The minimum Gasteiger partial charge on any atom is -0.349 e. The molecular formula is C7H9BrClN3O. The second kappa shape index (κ2) is 4.62. The number of amides is 1. The standard InChI is InChI=1S/C7H9BrClN3O/c1-12-4-5(8)6(11-12)7(13)10-3-2-9/h4H,2-3H2,1H3,(H,10,13). The molecule has 0 bridgehead atoms. The molecule has 0 aliphatic rings. The van der Waals surface area contributed by atoms with Crippen molar-refractivity contribution in [2.75, 3.05) is 12.4 Å². The van der Waals surface area contributed by atoms with Gasteiger partial charge >= 0.3 is 0 Å². The number of aromatic nitrogens is 2. The lowest BCUT2D eigenvalue weighted by Crippen LogP contribution is -2.26. The zero-order valence-corrected chi connectivity index (χ0v) is 9.39. The van der Waals surface area contributed by atoms with Gasteiger partial charge in [-0.1, -0.05) is 0 Å². The van der Waals surface area contributed by atoms with Gasteiger partial charge in [0.1, 0.15) is 0 Å². The van der Waals surface area contributed by atoms with Gasteiger partial charge in [-0.3, -0.25) is 9.48 Å². The molecule has 4 nitrogen and oxygen atoms in total. The largest absolute Gasteiger partial charge is 0.349 e. The van der Waals surface area contributed by atoms with Crippen LogP contribution >= 0.6 is 27.5 Å². The van der Waals surface area contributed by atoms with E-state index in [2.05, 4.69) is 26.3 Å². The highest BCUT2D eigenvalue weighted by Gasteiger charge is 2.12. The number of hydrogen-bond acceptors (Lipinski definition) is 2. The Balaban J connectivity index is 2.70. The Hall–Kier alpha value is -0.550. The molecule has 0 spiro atoms. The van der Waals surface area contributed by atoms with Gasteiger partial charge in [0.15, 0.2) is 5.69 Å². The number of alkyl halides is 1. The molecule has 1 amide bonds. The van der Waals surface area contributed by atoms with Crippen LogP contribution in [0, 0.1) is 0 Å². The van der Waals surface area contributed by atoms with E-state index in [1.165, 1.54) is 0 Å². The van der Waals surface area contributed by atoms with E-state index in [9.17, 15) is 4.79 Å². The van der Waals surface area contributed by atoms with Crippen LogP contribution in [0.5, 0.6) is 0 Å². The van der Waals surface area contributed by atoms with Gasteiger partial charge in [-0.2, -0.15) is 5.10 Å². The summed E-state index contributed by atoms with van der Waals surface area (Å²) >= 11 is 8.66. The predicted octanol–water partition coefficient (Wildman–Crippen LogP) is 1.15. The van der Waals surface area contributed by atoms with Crippen molar-refractivity contribution in [3.8, 4) is 0 Å². The van der Waals surface area contributed by atoms with Crippen LogP contribution in [0.15, 0.2) is 10.7 Å². The summed E-state index contributed by atoms with van der Waals surface area (Å²) in [7, 11) is 1.75. The van der Waals surface area contributed by atoms with E-state index >= 15 is 0 Å². The monoisotopic (exact) mass is 265 g/mol. The van der Waals surface area contributed by atoms with E-state index in [-0.39, 0.29) is 5.91 Å². The SMILES string of the molecule is Cn1cc(Br)c(C(=O)NCCCl)n1. The number of aryl methyl sites for hydroxylation is 1. The first-order chi connectivity index (χ1) is 6.15. The van der Waals surface area contributed by atoms with Gasteiger partial charge in [-0.15, -0.1) is 11.6 Å². The maximum atomic E-state index is 11.4. The number of nitrogens with zero attached hydrogens (tertiary/aromatic N) is 2. The third-order valence-corrected chi connectivity index (χ3v) is 2.15. The summed E-state index contributed by atoms with van der Waals surface area (Å²) in [5, 5.41) is 6.60. The van der Waals surface area contributed by atoms with Crippen molar-refractivity contribution in [3.63, 3.8) is 0 Å². The fourth-order valence-electron chi connectivity index (χ4n) is 0.858. The molecule has 0 atom stereocenters. The summed E-state index contributed by atoms with van der Waals surface area (Å²) in [6.45, 7) is 0.448. The zero-order valence-electron chi connectivity index (χ0n) is 7.05. The van der Waals surface area contributed by atoms with Gasteiger partial charge in [0, 0.05) is 25.7 Å². The highest BCUT2D eigenvalue weighted by molar-refractivity contribution is 9.10. The Kier molecular flexibility index (Phi) is 3.74. The topological polar surface area (TPSA) is 46.9 Å². The smallest absolute Gasteiger partial charge is 0.273 e. The minimum absolute atomic E-state index is 0.215. The molecule has 0 aliphatic carbocycles. The lowest BCUT2D eigenvalue weighted by molar-refractivity contribution is 0.0949. The van der Waals surface area contributed by atoms with E-state index in [1.54, 1.807) is 17.9 Å². The van der Waals surface area contributed by atoms with Crippen molar-refractivity contribution in [1.82, 2.24) is 15.1 Å². The summed E-state index contributed by atoms with van der Waals surface area (Å²) in [6, 6.07) is 0. The molecule has 72 valence electrons. The predicted molar refractivity (Wildman–Crippen MR) is 54.0 cm³/mol. The van der Waals surface area contributed by atoms with Crippen LogP contribution in [0.25, 0.3) is 0 Å². The molecule has 1 rings (SSSR count). The summed E-state index contributed by atoms with van der Waals surface area (Å²) in [5.74, 6) is 0.184. The number of hydrogen-bond donors (Lipinski definition) is 1. The lowest BCUT2D eigenvalue weighted by atomic mass is 10.4. The van der Waals surface area contributed by atoms with Crippen LogP contribution in [0.2, 0.25) is 0 Å². The zero-order chi connectivity index (χ0) is 9.84. The summed E-state index contributed by atoms with van der Waals surface area (Å²) in [4.78, 5) is 11.4. The van der Waals surface area contributed by atoms with Crippen LogP contribution in [-0.2, 0) is 7.05 Å². The van der Waals surface area contributed by atoms with E-state index in [1.807, 2.05) is 0 Å². The maximum Gasteiger partial charge on any atom is 0.273 e. The van der Waals surface area contributed by atoms with Crippen LogP contribution in [0.4, 0.5) is 0 Å². The molecule has 1 aromatic heterocycles. The Morgan fingerprint density at radius 2 is 2.54 bits per heavy atom. The molecule has 0 radical (unpaired) electrons. The molecular weight excluding hydrogens is 257 g/mol. The lowest BCUT2D eigenvalue weighted by Gasteiger charge is -1.98. The van der Waals surface area contributed by atoms with Crippen LogP contribution < -0.4 is 5.32 Å². The molecule has 0 aliphatic heterocycles. The number of halogens is 2. The first-order valence-electron chi connectivity index (χ1n) is 3.68. The van der Waals surface area contributed by atoms with Gasteiger partial charge < -0.3 is 5.32 Å². The van der Waals surface area contributed by atoms with Gasteiger partial charge in [-0.25, -0.2) is 0 Å². The first kappa shape index (κ1) is 10.5. The third-order valence-electron chi connectivity index (χ3n) is 1.38. The van der Waals surface area contributed by atoms with Gasteiger partial charge in [0.05, 0.1) is 4.47 Å². The van der Waals surface area contributed by atoms with Crippen molar-refractivity contribution < 1.29 is 4.79 Å². The number of carbonyl (C=O) groups is 1. The third kappa shape index (κ3) is 2.70. The number of nitrogens with one attached hydrogen (secondary N) is 1. The van der Waals surface area contributed by atoms with Crippen molar-refractivity contribution in [2.24, 2.45) is 7.05 Å². The molecule has 1 heterocycles. The number of rotatable bonds is 3. The fourth-order valence-corrected chi connectivity index (χ4v) is 1.51. The molecule has 13 heavy (non-hydrogen) atoms. The average molecular weight is 267 g/mol. The fraction of sp³-hybridized carbons (Fsp3) is 0.429. The second-order valence-corrected chi connectivity index (χ2v) is 3.68. The van der Waals surface area contributed by atoms with E-state index in [0.717, 1.165) is 0 Å². The van der Waals surface area contributed by atoms with Gasteiger partial charge in [0.25, 0.3) is 5.91 Å². The Labute approximate surface area is 89.4 Å². The highest BCUT2D eigenvalue weighted by Crippen LogP contribution is 2.13. The Bertz CT molecular complexity index is 313. The molecule has 1 N–H and O–H groups in total. The van der Waals surface area contributed by atoms with Gasteiger partial charge in [0.2, 0.25) is 0 Å².